The fourth-order valence-corrected chi connectivity index (χ4v) is 2.73. The van der Waals surface area contributed by atoms with Crippen LogP contribution < -0.4 is 59.1 Å². The van der Waals surface area contributed by atoms with Crippen LogP contribution in [0, 0.1) is 0 Å². The monoisotopic (exact) mass is 372 g/mol. The number of carbonyl (C=O) groups is 2. The third-order valence-electron chi connectivity index (χ3n) is 4.31. The summed E-state index contributed by atoms with van der Waals surface area (Å²) in [6, 6.07) is 0. The number of hydrogen-bond donors (Lipinski definition) is 2. The van der Waals surface area contributed by atoms with Crippen LogP contribution in [0.4, 0.5) is 0 Å². The summed E-state index contributed by atoms with van der Waals surface area (Å²) in [5, 5.41) is 17.9. The van der Waals surface area contributed by atoms with Gasteiger partial charge in [-0.05, 0) is 19.8 Å². The standard InChI is InChI=1S/C19H34O4.2Na/c1-3-4-5-6-7-8-9-10-11-12-13-14-15-17(19(22)23)16(2)18(20)21;;/h3-15H2,1-2H3,(H,20,21)(H,22,23);;/q;2*+1/b17-16-;;. The fraction of sp³-hybridized carbons (Fsp3) is 0.789. The van der Waals surface area contributed by atoms with Crippen molar-refractivity contribution >= 4 is 11.9 Å². The van der Waals surface area contributed by atoms with E-state index in [4.69, 9.17) is 10.2 Å². The fourth-order valence-electron chi connectivity index (χ4n) is 2.73. The van der Waals surface area contributed by atoms with Crippen molar-refractivity contribution < 1.29 is 78.9 Å². The number of hydrogen-bond acceptors (Lipinski definition) is 2. The Labute approximate surface area is 197 Å². The first-order valence-electron chi connectivity index (χ1n) is 9.17. The summed E-state index contributed by atoms with van der Waals surface area (Å²) < 4.78 is 0. The van der Waals surface area contributed by atoms with Crippen molar-refractivity contribution in [3.63, 3.8) is 0 Å². The number of carboxylic acids is 2. The Hall–Kier alpha value is 0.680. The zero-order valence-corrected chi connectivity index (χ0v) is 20.9. The summed E-state index contributed by atoms with van der Waals surface area (Å²) in [7, 11) is 0. The van der Waals surface area contributed by atoms with E-state index in [0.717, 1.165) is 19.3 Å². The van der Waals surface area contributed by atoms with Gasteiger partial charge in [0.2, 0.25) is 0 Å². The van der Waals surface area contributed by atoms with E-state index >= 15 is 0 Å². The maximum atomic E-state index is 11.1. The molecule has 0 saturated heterocycles. The van der Waals surface area contributed by atoms with Gasteiger partial charge in [0, 0.05) is 11.1 Å². The molecule has 6 heteroatoms. The number of unbranched alkanes of at least 4 members (excludes halogenated alkanes) is 11. The average molecular weight is 372 g/mol. The summed E-state index contributed by atoms with van der Waals surface area (Å²) in [5.74, 6) is -2.24. The van der Waals surface area contributed by atoms with Crippen molar-refractivity contribution in [2.75, 3.05) is 0 Å². The Balaban J connectivity index is -0.00000242. The van der Waals surface area contributed by atoms with E-state index in [1.54, 1.807) is 0 Å². The second kappa shape index (κ2) is 21.0. The quantitative estimate of drug-likeness (QED) is 0.232. The molecule has 2 N–H and O–H groups in total. The molecule has 0 fully saturated rings. The molecule has 0 aromatic rings. The molecule has 25 heavy (non-hydrogen) atoms. The minimum atomic E-state index is -1.14. The van der Waals surface area contributed by atoms with Gasteiger partial charge in [-0.2, -0.15) is 0 Å². The zero-order valence-electron chi connectivity index (χ0n) is 16.9. The molecular weight excluding hydrogens is 338 g/mol. The normalized spacial score (nSPS) is 11.1. The van der Waals surface area contributed by atoms with Gasteiger partial charge in [0.15, 0.2) is 0 Å². The number of carboxylic acid groups (broad SMARTS) is 2. The summed E-state index contributed by atoms with van der Waals surface area (Å²) in [6.45, 7) is 3.60. The Morgan fingerprint density at radius 2 is 1.00 bits per heavy atom. The molecule has 0 aromatic carbocycles. The summed E-state index contributed by atoms with van der Waals surface area (Å²) in [5.41, 5.74) is 0.00477. The van der Waals surface area contributed by atoms with Crippen LogP contribution in [0.1, 0.15) is 97.3 Å². The Morgan fingerprint density at radius 3 is 1.32 bits per heavy atom. The summed E-state index contributed by atoms with van der Waals surface area (Å²) >= 11 is 0. The Bertz CT molecular complexity index is 382. The Kier molecular flexibility index (Phi) is 25.5. The van der Waals surface area contributed by atoms with Crippen LogP contribution in [0.3, 0.4) is 0 Å². The van der Waals surface area contributed by atoms with Crippen LogP contribution in [0.5, 0.6) is 0 Å². The van der Waals surface area contributed by atoms with Crippen molar-refractivity contribution in [1.82, 2.24) is 0 Å². The van der Waals surface area contributed by atoms with Crippen molar-refractivity contribution in [2.45, 2.75) is 97.3 Å². The van der Waals surface area contributed by atoms with Crippen molar-refractivity contribution in [3.8, 4) is 0 Å². The van der Waals surface area contributed by atoms with E-state index in [2.05, 4.69) is 6.92 Å². The van der Waals surface area contributed by atoms with E-state index < -0.39 is 11.9 Å². The average Bonchev–Trinajstić information content (AvgIpc) is 2.51. The van der Waals surface area contributed by atoms with Gasteiger partial charge in [-0.25, -0.2) is 9.59 Å². The molecule has 0 spiro atoms. The molecule has 0 aliphatic rings. The predicted octanol–water partition coefficient (Wildman–Crippen LogP) is -0.429. The van der Waals surface area contributed by atoms with E-state index in [1.807, 2.05) is 0 Å². The minimum absolute atomic E-state index is 0. The summed E-state index contributed by atoms with van der Waals surface area (Å²) in [4.78, 5) is 21.9. The van der Waals surface area contributed by atoms with Gasteiger partial charge in [-0.3, -0.25) is 0 Å². The molecule has 0 amide bonds. The van der Waals surface area contributed by atoms with Crippen molar-refractivity contribution in [1.29, 1.82) is 0 Å². The topological polar surface area (TPSA) is 74.6 Å². The van der Waals surface area contributed by atoms with Crippen molar-refractivity contribution in [3.05, 3.63) is 11.1 Å². The van der Waals surface area contributed by atoms with Gasteiger partial charge in [0.1, 0.15) is 0 Å². The van der Waals surface area contributed by atoms with Gasteiger partial charge in [0.05, 0.1) is 0 Å². The maximum absolute atomic E-state index is 11.1. The Morgan fingerprint density at radius 1 is 0.640 bits per heavy atom. The molecule has 0 rings (SSSR count). The molecule has 0 saturated carbocycles. The predicted molar refractivity (Wildman–Crippen MR) is 93.7 cm³/mol. The van der Waals surface area contributed by atoms with Gasteiger partial charge < -0.3 is 10.2 Å². The van der Waals surface area contributed by atoms with Crippen LogP contribution in [-0.2, 0) is 9.59 Å². The number of aliphatic carboxylic acids is 2. The SMILES string of the molecule is CCCCCCCCCCCCCC/C(C(=O)O)=C(\C)C(=O)O.[Na+].[Na+]. The third-order valence-corrected chi connectivity index (χ3v) is 4.31. The molecule has 134 valence electrons. The molecule has 0 atom stereocenters. The van der Waals surface area contributed by atoms with Gasteiger partial charge in [0.25, 0.3) is 0 Å². The maximum Gasteiger partial charge on any atom is 1.00 e. The molecule has 0 aliphatic heterocycles. The molecule has 0 bridgehead atoms. The molecular formula is C19H34Na2O4+2. The molecule has 4 nitrogen and oxygen atoms in total. The first-order chi connectivity index (χ1) is 11.0. The summed E-state index contributed by atoms with van der Waals surface area (Å²) in [6.07, 6.45) is 15.0. The second-order valence-corrected chi connectivity index (χ2v) is 6.35. The van der Waals surface area contributed by atoms with Gasteiger partial charge >= 0.3 is 71.1 Å². The van der Waals surface area contributed by atoms with Crippen LogP contribution in [0.2, 0.25) is 0 Å². The molecule has 0 unspecified atom stereocenters. The van der Waals surface area contributed by atoms with E-state index in [1.165, 1.54) is 64.7 Å². The minimum Gasteiger partial charge on any atom is -0.478 e. The molecule has 0 heterocycles. The van der Waals surface area contributed by atoms with Crippen LogP contribution in [0.15, 0.2) is 11.1 Å². The van der Waals surface area contributed by atoms with Crippen LogP contribution >= 0.6 is 0 Å². The molecule has 0 radical (unpaired) electrons. The third kappa shape index (κ3) is 17.8. The van der Waals surface area contributed by atoms with Gasteiger partial charge in [-0.15, -0.1) is 0 Å². The first-order valence-corrected chi connectivity index (χ1v) is 9.17. The molecule has 0 aliphatic carbocycles. The van der Waals surface area contributed by atoms with Crippen LogP contribution in [-0.4, -0.2) is 22.2 Å². The van der Waals surface area contributed by atoms with E-state index in [-0.39, 0.29) is 70.3 Å². The largest absolute Gasteiger partial charge is 1.00 e. The van der Waals surface area contributed by atoms with E-state index in [9.17, 15) is 9.59 Å². The van der Waals surface area contributed by atoms with E-state index in [0.29, 0.717) is 6.42 Å². The molecule has 0 aromatic heterocycles. The van der Waals surface area contributed by atoms with Crippen molar-refractivity contribution in [2.24, 2.45) is 0 Å². The zero-order chi connectivity index (χ0) is 17.5. The smallest absolute Gasteiger partial charge is 0.478 e. The van der Waals surface area contributed by atoms with Gasteiger partial charge in [-0.1, -0.05) is 77.6 Å². The first kappa shape index (κ1) is 30.4. The van der Waals surface area contributed by atoms with Crippen LogP contribution in [0.25, 0.3) is 0 Å². The second-order valence-electron chi connectivity index (χ2n) is 6.35. The number of rotatable bonds is 15.